The number of primary amides is 1. The number of aromatic nitrogens is 1. The SMILES string of the molecule is Cc1c2ccccc2[n+](C)c2ccc(CCC(=O)N(C)C(N)=O)cc12.O=C([O-])C(F)(F)F. The number of urea groups is 1. The van der Waals surface area contributed by atoms with Crippen molar-refractivity contribution in [3.05, 3.63) is 53.6 Å². The number of carbonyl (C=O) groups excluding carboxylic acids is 3. The molecule has 3 rings (SSSR count). The molecule has 0 aliphatic carbocycles. The summed E-state index contributed by atoms with van der Waals surface area (Å²) in [5.74, 6) is -3.28. The fourth-order valence-corrected chi connectivity index (χ4v) is 3.23. The molecule has 10 heteroatoms. The molecule has 0 aliphatic heterocycles. The van der Waals surface area contributed by atoms with Crippen LogP contribution in [0, 0.1) is 6.92 Å². The molecule has 0 spiro atoms. The van der Waals surface area contributed by atoms with Crippen LogP contribution in [0.25, 0.3) is 21.8 Å². The number of pyridine rings is 1. The minimum Gasteiger partial charge on any atom is -0.542 e. The van der Waals surface area contributed by atoms with Gasteiger partial charge in [0, 0.05) is 31.0 Å². The van der Waals surface area contributed by atoms with Crippen LogP contribution in [0.3, 0.4) is 0 Å². The number of benzene rings is 2. The summed E-state index contributed by atoms with van der Waals surface area (Å²) in [6, 6.07) is 13.9. The van der Waals surface area contributed by atoms with Gasteiger partial charge in [-0.25, -0.2) is 4.79 Å². The fourth-order valence-electron chi connectivity index (χ4n) is 3.23. The smallest absolute Gasteiger partial charge is 0.430 e. The van der Waals surface area contributed by atoms with Gasteiger partial charge in [0.2, 0.25) is 16.9 Å². The first-order valence-corrected chi connectivity index (χ1v) is 9.48. The van der Waals surface area contributed by atoms with Crippen molar-refractivity contribution in [3.63, 3.8) is 0 Å². The number of para-hydroxylation sites is 1. The van der Waals surface area contributed by atoms with Crippen molar-refractivity contribution >= 4 is 39.7 Å². The van der Waals surface area contributed by atoms with Crippen LogP contribution in [0.5, 0.6) is 0 Å². The second-order valence-electron chi connectivity index (χ2n) is 7.13. The van der Waals surface area contributed by atoms with E-state index in [0.717, 1.165) is 16.0 Å². The van der Waals surface area contributed by atoms with Crippen molar-refractivity contribution in [2.75, 3.05) is 7.05 Å². The van der Waals surface area contributed by atoms with E-state index < -0.39 is 18.2 Å². The van der Waals surface area contributed by atoms with Gasteiger partial charge in [-0.1, -0.05) is 18.2 Å². The Morgan fingerprint density at radius 2 is 1.62 bits per heavy atom. The number of halogens is 3. The van der Waals surface area contributed by atoms with Gasteiger partial charge < -0.3 is 15.6 Å². The van der Waals surface area contributed by atoms with E-state index in [0.29, 0.717) is 6.42 Å². The average molecular weight is 449 g/mol. The second kappa shape index (κ2) is 9.63. The number of alkyl halides is 3. The maximum Gasteiger partial charge on any atom is 0.430 e. The summed E-state index contributed by atoms with van der Waals surface area (Å²) in [6.45, 7) is 2.13. The lowest BCUT2D eigenvalue weighted by Crippen LogP contribution is -2.37. The molecule has 0 radical (unpaired) electrons. The van der Waals surface area contributed by atoms with Crippen LogP contribution in [-0.2, 0) is 23.1 Å². The minimum absolute atomic E-state index is 0.254. The van der Waals surface area contributed by atoms with Gasteiger partial charge in [-0.2, -0.15) is 17.7 Å². The predicted molar refractivity (Wildman–Crippen MR) is 109 cm³/mol. The van der Waals surface area contributed by atoms with Gasteiger partial charge in [0.25, 0.3) is 0 Å². The molecule has 0 bridgehead atoms. The molecule has 0 aliphatic rings. The first-order valence-electron chi connectivity index (χ1n) is 9.48. The molecule has 2 aromatic carbocycles. The lowest BCUT2D eigenvalue weighted by Gasteiger charge is -2.12. The van der Waals surface area contributed by atoms with E-state index in [1.165, 1.54) is 28.9 Å². The van der Waals surface area contributed by atoms with Crippen molar-refractivity contribution in [1.29, 1.82) is 0 Å². The zero-order valence-corrected chi connectivity index (χ0v) is 17.7. The first-order chi connectivity index (χ1) is 14.8. The van der Waals surface area contributed by atoms with Gasteiger partial charge in [0.1, 0.15) is 13.0 Å². The highest BCUT2D eigenvalue weighted by Crippen LogP contribution is 2.25. The molecule has 3 amide bonds. The number of fused-ring (bicyclic) bond motifs is 2. The summed E-state index contributed by atoms with van der Waals surface area (Å²) in [5, 5.41) is 11.2. The number of carboxylic acids is 1. The number of nitrogens with two attached hydrogens (primary N) is 1. The van der Waals surface area contributed by atoms with Crippen LogP contribution >= 0.6 is 0 Å². The molecule has 1 aromatic heterocycles. The summed E-state index contributed by atoms with van der Waals surface area (Å²) < 4.78 is 33.7. The van der Waals surface area contributed by atoms with E-state index in [4.69, 9.17) is 15.6 Å². The van der Waals surface area contributed by atoms with E-state index in [2.05, 4.69) is 42.8 Å². The van der Waals surface area contributed by atoms with Crippen LogP contribution in [0.2, 0.25) is 0 Å². The summed E-state index contributed by atoms with van der Waals surface area (Å²) >= 11 is 0. The van der Waals surface area contributed by atoms with E-state index in [1.54, 1.807) is 0 Å². The first kappa shape index (κ1) is 24.6. The Morgan fingerprint density at radius 1 is 1.06 bits per heavy atom. The zero-order chi connectivity index (χ0) is 24.2. The highest BCUT2D eigenvalue weighted by atomic mass is 19.4. The Morgan fingerprint density at radius 3 is 2.19 bits per heavy atom. The highest BCUT2D eigenvalue weighted by Gasteiger charge is 2.28. The normalized spacial score (nSPS) is 11.1. The molecule has 3 aromatic rings. The van der Waals surface area contributed by atoms with Gasteiger partial charge in [-0.3, -0.25) is 9.69 Å². The summed E-state index contributed by atoms with van der Waals surface area (Å²) in [4.78, 5) is 32.7. The lowest BCUT2D eigenvalue weighted by molar-refractivity contribution is -0.617. The number of hydrogen-bond donors (Lipinski definition) is 1. The van der Waals surface area contributed by atoms with Crippen LogP contribution < -0.4 is 15.4 Å². The number of hydrogen-bond acceptors (Lipinski definition) is 4. The van der Waals surface area contributed by atoms with Gasteiger partial charge in [-0.15, -0.1) is 0 Å². The molecule has 1 heterocycles. The topological polar surface area (TPSA) is 107 Å². The molecule has 2 N–H and O–H groups in total. The Bertz CT molecular complexity index is 1190. The molecule has 170 valence electrons. The standard InChI is InChI=1S/C20H21N3O2.C2HF3O2/c1-13-15-6-4-5-7-17(15)22(2)18-10-8-14(12-16(13)18)9-11-19(24)23(3)20(21)25;3-2(4,5)1(6)7/h4-8,10,12H,9,11H2,1-3H3,(H-,21,25);(H,6,7). The number of amides is 3. The number of rotatable bonds is 3. The number of carbonyl (C=O) groups is 3. The third kappa shape index (κ3) is 5.51. The molecular weight excluding hydrogens is 427 g/mol. The van der Waals surface area contributed by atoms with Crippen LogP contribution in [-0.4, -0.2) is 36.0 Å². The molecular formula is C22H22F3N3O4. The molecule has 32 heavy (non-hydrogen) atoms. The maximum absolute atomic E-state index is 11.9. The predicted octanol–water partition coefficient (Wildman–Crippen LogP) is 1.89. The van der Waals surface area contributed by atoms with E-state index in [9.17, 15) is 22.8 Å². The molecule has 0 fully saturated rings. The van der Waals surface area contributed by atoms with Crippen molar-refractivity contribution in [3.8, 4) is 0 Å². The van der Waals surface area contributed by atoms with Crippen molar-refractivity contribution in [1.82, 2.24) is 4.90 Å². The van der Waals surface area contributed by atoms with E-state index >= 15 is 0 Å². The third-order valence-corrected chi connectivity index (χ3v) is 5.06. The van der Waals surface area contributed by atoms with Crippen LogP contribution in [0.4, 0.5) is 18.0 Å². The quantitative estimate of drug-likeness (QED) is 0.487. The maximum atomic E-state index is 11.9. The van der Waals surface area contributed by atoms with Gasteiger partial charge in [0.15, 0.2) is 0 Å². The number of aryl methyl sites for hydroxylation is 3. The molecule has 0 unspecified atom stereocenters. The van der Waals surface area contributed by atoms with Gasteiger partial charge >= 0.3 is 12.2 Å². The van der Waals surface area contributed by atoms with Crippen LogP contribution in [0.15, 0.2) is 42.5 Å². The number of nitrogens with zero attached hydrogens (tertiary/aromatic N) is 2. The Kier molecular flexibility index (Phi) is 7.40. The zero-order valence-electron chi connectivity index (χ0n) is 17.7. The van der Waals surface area contributed by atoms with E-state index in [-0.39, 0.29) is 12.3 Å². The third-order valence-electron chi connectivity index (χ3n) is 5.06. The Hall–Kier alpha value is -3.69. The monoisotopic (exact) mass is 449 g/mol. The Balaban J connectivity index is 0.000000451. The average Bonchev–Trinajstić information content (AvgIpc) is 2.74. The molecule has 0 atom stereocenters. The van der Waals surface area contributed by atoms with Crippen molar-refractivity contribution < 1.29 is 37.2 Å². The van der Waals surface area contributed by atoms with Crippen molar-refractivity contribution in [2.45, 2.75) is 25.9 Å². The van der Waals surface area contributed by atoms with E-state index in [1.807, 2.05) is 18.2 Å². The van der Waals surface area contributed by atoms with Crippen molar-refractivity contribution in [2.24, 2.45) is 12.8 Å². The largest absolute Gasteiger partial charge is 0.542 e. The summed E-state index contributed by atoms with van der Waals surface area (Å²) in [5.41, 5.74) is 9.77. The summed E-state index contributed by atoms with van der Waals surface area (Å²) in [6.07, 6.45) is -4.37. The lowest BCUT2D eigenvalue weighted by atomic mass is 9.99. The van der Waals surface area contributed by atoms with Crippen LogP contribution in [0.1, 0.15) is 17.5 Å². The van der Waals surface area contributed by atoms with Gasteiger partial charge in [-0.05, 0) is 36.6 Å². The molecule has 0 saturated carbocycles. The highest BCUT2D eigenvalue weighted by molar-refractivity contribution is 5.94. The Labute approximate surface area is 181 Å². The second-order valence-corrected chi connectivity index (χ2v) is 7.13. The number of carboxylic acid groups (broad SMARTS) is 1. The summed E-state index contributed by atoms with van der Waals surface area (Å²) in [7, 11) is 3.47. The number of aliphatic carboxylic acids is 1. The fraction of sp³-hybridized carbons (Fsp3) is 0.273. The molecule has 0 saturated heterocycles. The molecule has 7 nitrogen and oxygen atoms in total. The minimum atomic E-state index is -5.19. The van der Waals surface area contributed by atoms with Gasteiger partial charge in [0.05, 0.1) is 5.39 Å². The number of imide groups is 1.